The van der Waals surface area contributed by atoms with Gasteiger partial charge in [-0.2, -0.15) is 0 Å². The van der Waals surface area contributed by atoms with Gasteiger partial charge in [0.05, 0.1) is 4.88 Å². The highest BCUT2D eigenvalue weighted by molar-refractivity contribution is 9.10. The van der Waals surface area contributed by atoms with Crippen molar-refractivity contribution in [1.82, 2.24) is 0 Å². The molecule has 0 fully saturated rings. The minimum Gasteiger partial charge on any atom is -0.477 e. The first kappa shape index (κ1) is 13.8. The second-order valence-corrected chi connectivity index (χ2v) is 5.88. The summed E-state index contributed by atoms with van der Waals surface area (Å²) in [5, 5.41) is 11.6. The zero-order valence-electron chi connectivity index (χ0n) is 9.94. The van der Waals surface area contributed by atoms with E-state index in [1.807, 2.05) is 19.1 Å². The zero-order valence-corrected chi connectivity index (χ0v) is 12.3. The molecule has 19 heavy (non-hydrogen) atoms. The number of anilines is 1. The van der Waals surface area contributed by atoms with Gasteiger partial charge in [0.1, 0.15) is 4.88 Å². The van der Waals surface area contributed by atoms with Crippen LogP contribution in [-0.4, -0.2) is 17.0 Å². The maximum atomic E-state index is 12.0. The Morgan fingerprint density at radius 2 is 1.89 bits per heavy atom. The van der Waals surface area contributed by atoms with Crippen LogP contribution in [0.25, 0.3) is 0 Å². The van der Waals surface area contributed by atoms with Gasteiger partial charge in [0.25, 0.3) is 5.91 Å². The first-order chi connectivity index (χ1) is 8.97. The van der Waals surface area contributed by atoms with Crippen molar-refractivity contribution in [3.05, 3.63) is 50.1 Å². The SMILES string of the molecule is Cc1ccc(Br)cc1NC(=O)c1ccc(C(=O)O)s1. The van der Waals surface area contributed by atoms with Gasteiger partial charge in [0.2, 0.25) is 0 Å². The molecule has 2 rings (SSSR count). The molecule has 2 N–H and O–H groups in total. The number of carbonyl (C=O) groups excluding carboxylic acids is 1. The Kier molecular flexibility index (Phi) is 4.01. The molecule has 6 heteroatoms. The van der Waals surface area contributed by atoms with Crippen LogP contribution in [0.15, 0.2) is 34.8 Å². The Morgan fingerprint density at radius 3 is 2.53 bits per heavy atom. The summed E-state index contributed by atoms with van der Waals surface area (Å²) in [6, 6.07) is 8.51. The molecule has 0 saturated heterocycles. The smallest absolute Gasteiger partial charge is 0.345 e. The average Bonchev–Trinajstić information content (AvgIpc) is 2.83. The number of aromatic carboxylic acids is 1. The number of thiophene rings is 1. The van der Waals surface area contributed by atoms with Crippen LogP contribution in [0.3, 0.4) is 0 Å². The number of rotatable bonds is 3. The van der Waals surface area contributed by atoms with Crippen LogP contribution < -0.4 is 5.32 Å². The zero-order chi connectivity index (χ0) is 14.0. The fourth-order valence-electron chi connectivity index (χ4n) is 1.49. The van der Waals surface area contributed by atoms with Crippen molar-refractivity contribution in [3.63, 3.8) is 0 Å². The van der Waals surface area contributed by atoms with Crippen LogP contribution in [0.1, 0.15) is 24.9 Å². The summed E-state index contributed by atoms with van der Waals surface area (Å²) < 4.78 is 0.866. The van der Waals surface area contributed by atoms with E-state index >= 15 is 0 Å². The van der Waals surface area contributed by atoms with E-state index in [0.717, 1.165) is 21.4 Å². The number of hydrogen-bond donors (Lipinski definition) is 2. The lowest BCUT2D eigenvalue weighted by atomic mass is 10.2. The minimum atomic E-state index is -1.03. The lowest BCUT2D eigenvalue weighted by Crippen LogP contribution is -2.11. The van der Waals surface area contributed by atoms with E-state index in [0.29, 0.717) is 10.6 Å². The molecule has 0 radical (unpaired) electrons. The third-order valence-electron chi connectivity index (χ3n) is 2.49. The molecule has 0 spiro atoms. The van der Waals surface area contributed by atoms with Crippen LogP contribution in [0, 0.1) is 6.92 Å². The summed E-state index contributed by atoms with van der Waals surface area (Å²) in [6.07, 6.45) is 0. The number of carboxylic acids is 1. The molecule has 0 aliphatic heterocycles. The minimum absolute atomic E-state index is 0.149. The molecule has 4 nitrogen and oxygen atoms in total. The van der Waals surface area contributed by atoms with Gasteiger partial charge in [-0.15, -0.1) is 11.3 Å². The second kappa shape index (κ2) is 5.54. The van der Waals surface area contributed by atoms with Gasteiger partial charge in [-0.25, -0.2) is 4.79 Å². The predicted molar refractivity (Wildman–Crippen MR) is 78.1 cm³/mol. The van der Waals surface area contributed by atoms with Crippen molar-refractivity contribution >= 4 is 44.8 Å². The summed E-state index contributed by atoms with van der Waals surface area (Å²) in [7, 11) is 0. The number of benzene rings is 1. The number of nitrogens with one attached hydrogen (secondary N) is 1. The highest BCUT2D eigenvalue weighted by Crippen LogP contribution is 2.23. The number of halogens is 1. The lowest BCUT2D eigenvalue weighted by Gasteiger charge is -2.07. The van der Waals surface area contributed by atoms with Crippen molar-refractivity contribution in [3.8, 4) is 0 Å². The van der Waals surface area contributed by atoms with Crippen molar-refractivity contribution in [2.75, 3.05) is 5.32 Å². The summed E-state index contributed by atoms with van der Waals surface area (Å²) in [4.78, 5) is 23.3. The number of hydrogen-bond acceptors (Lipinski definition) is 3. The molecule has 0 aliphatic carbocycles. The Hall–Kier alpha value is -1.66. The van der Waals surface area contributed by atoms with Crippen LogP contribution in [0.5, 0.6) is 0 Å². The Labute approximate surface area is 122 Å². The van der Waals surface area contributed by atoms with Gasteiger partial charge in [0.15, 0.2) is 0 Å². The van der Waals surface area contributed by atoms with Gasteiger partial charge in [0, 0.05) is 10.2 Å². The summed E-state index contributed by atoms with van der Waals surface area (Å²) in [5.74, 6) is -1.33. The van der Waals surface area contributed by atoms with Crippen LogP contribution in [0.2, 0.25) is 0 Å². The van der Waals surface area contributed by atoms with Gasteiger partial charge in [-0.1, -0.05) is 22.0 Å². The lowest BCUT2D eigenvalue weighted by molar-refractivity contribution is 0.0702. The topological polar surface area (TPSA) is 66.4 Å². The molecule has 0 unspecified atom stereocenters. The quantitative estimate of drug-likeness (QED) is 0.894. The van der Waals surface area contributed by atoms with Crippen molar-refractivity contribution in [2.24, 2.45) is 0 Å². The molecule has 98 valence electrons. The first-order valence-corrected chi connectivity index (χ1v) is 6.99. The molecular formula is C13H10BrNO3S. The van der Waals surface area contributed by atoms with Crippen LogP contribution in [-0.2, 0) is 0 Å². The molecule has 1 aromatic heterocycles. The Balaban J connectivity index is 2.20. The molecule has 0 saturated carbocycles. The molecule has 1 heterocycles. The largest absolute Gasteiger partial charge is 0.477 e. The standard InChI is InChI=1S/C13H10BrNO3S/c1-7-2-3-8(14)6-9(7)15-12(16)10-4-5-11(19-10)13(17)18/h2-6H,1H3,(H,15,16)(H,17,18). The van der Waals surface area contributed by atoms with E-state index < -0.39 is 5.97 Å². The first-order valence-electron chi connectivity index (χ1n) is 5.38. The Bertz CT molecular complexity index is 651. The molecule has 1 aromatic carbocycles. The third kappa shape index (κ3) is 3.21. The predicted octanol–water partition coefficient (Wildman–Crippen LogP) is 3.77. The number of amides is 1. The fourth-order valence-corrected chi connectivity index (χ4v) is 2.59. The molecule has 0 aliphatic rings. The summed E-state index contributed by atoms with van der Waals surface area (Å²) in [5.41, 5.74) is 1.64. The highest BCUT2D eigenvalue weighted by Gasteiger charge is 2.13. The normalized spacial score (nSPS) is 10.2. The molecule has 2 aromatic rings. The van der Waals surface area contributed by atoms with E-state index in [-0.39, 0.29) is 10.8 Å². The maximum absolute atomic E-state index is 12.0. The number of carboxylic acid groups (broad SMARTS) is 1. The summed E-state index contributed by atoms with van der Waals surface area (Å²) in [6.45, 7) is 1.89. The van der Waals surface area contributed by atoms with E-state index in [1.165, 1.54) is 12.1 Å². The van der Waals surface area contributed by atoms with E-state index in [2.05, 4.69) is 21.2 Å². The van der Waals surface area contributed by atoms with E-state index in [1.54, 1.807) is 6.07 Å². The van der Waals surface area contributed by atoms with Gasteiger partial charge < -0.3 is 10.4 Å². The van der Waals surface area contributed by atoms with Gasteiger partial charge in [-0.3, -0.25) is 4.79 Å². The average molecular weight is 340 g/mol. The number of carbonyl (C=O) groups is 2. The molecule has 0 bridgehead atoms. The van der Waals surface area contributed by atoms with Crippen LogP contribution in [0.4, 0.5) is 5.69 Å². The monoisotopic (exact) mass is 339 g/mol. The Morgan fingerprint density at radius 1 is 1.21 bits per heavy atom. The van der Waals surface area contributed by atoms with E-state index in [4.69, 9.17) is 5.11 Å². The summed E-state index contributed by atoms with van der Waals surface area (Å²) >= 11 is 4.29. The van der Waals surface area contributed by atoms with Gasteiger partial charge in [-0.05, 0) is 36.8 Å². The second-order valence-electron chi connectivity index (χ2n) is 3.88. The van der Waals surface area contributed by atoms with E-state index in [9.17, 15) is 9.59 Å². The van der Waals surface area contributed by atoms with Crippen molar-refractivity contribution in [2.45, 2.75) is 6.92 Å². The van der Waals surface area contributed by atoms with Crippen molar-refractivity contribution in [1.29, 1.82) is 0 Å². The van der Waals surface area contributed by atoms with Crippen molar-refractivity contribution < 1.29 is 14.7 Å². The molecule has 0 atom stereocenters. The highest BCUT2D eigenvalue weighted by atomic mass is 79.9. The fraction of sp³-hybridized carbons (Fsp3) is 0.0769. The maximum Gasteiger partial charge on any atom is 0.345 e. The number of aryl methyl sites for hydroxylation is 1. The third-order valence-corrected chi connectivity index (χ3v) is 4.05. The molecule has 1 amide bonds. The van der Waals surface area contributed by atoms with Gasteiger partial charge >= 0.3 is 5.97 Å². The van der Waals surface area contributed by atoms with Crippen LogP contribution >= 0.6 is 27.3 Å². The molecular weight excluding hydrogens is 330 g/mol.